The van der Waals surface area contributed by atoms with Gasteiger partial charge in [0.15, 0.2) is 11.2 Å². The molecule has 9 nitrogen and oxygen atoms in total. The van der Waals surface area contributed by atoms with Crippen LogP contribution in [0.1, 0.15) is 25.2 Å². The Labute approximate surface area is 143 Å². The van der Waals surface area contributed by atoms with E-state index in [-0.39, 0.29) is 23.5 Å². The summed E-state index contributed by atoms with van der Waals surface area (Å²) in [6.07, 6.45) is 0. The summed E-state index contributed by atoms with van der Waals surface area (Å²) in [5, 5.41) is 4.42. The van der Waals surface area contributed by atoms with Crippen LogP contribution in [0.2, 0.25) is 0 Å². The van der Waals surface area contributed by atoms with Crippen molar-refractivity contribution in [1.29, 1.82) is 0 Å². The van der Waals surface area contributed by atoms with E-state index in [4.69, 9.17) is 0 Å². The smallest absolute Gasteiger partial charge is 0.303 e. The molecule has 0 aliphatic rings. The molecule has 0 bridgehead atoms. The van der Waals surface area contributed by atoms with Crippen molar-refractivity contribution in [3.05, 3.63) is 38.3 Å². The normalized spacial score (nSPS) is 11.4. The molecule has 0 spiro atoms. The molecule has 25 heavy (non-hydrogen) atoms. The van der Waals surface area contributed by atoms with Crippen LogP contribution in [0.3, 0.4) is 0 Å². The third-order valence-electron chi connectivity index (χ3n) is 4.11. The SMILES string of the molecule is CCn1c(-n2nc(C)cc2C)nc2c1c(=O)n(CC(C)=O)c(=O)n2C. The fourth-order valence-corrected chi connectivity index (χ4v) is 3.01. The second-order valence-corrected chi connectivity index (χ2v) is 6.10. The standard InChI is InChI=1S/C16H20N6O3/c1-6-20-12-13(17-15(20)22-10(3)7-9(2)18-22)19(5)16(25)21(14(12)24)8-11(4)23/h7H,6,8H2,1-5H3. The lowest BCUT2D eigenvalue weighted by atomic mass is 10.4. The number of carbonyl (C=O) groups excluding carboxylic acids is 1. The lowest BCUT2D eigenvalue weighted by Gasteiger charge is -2.08. The van der Waals surface area contributed by atoms with E-state index >= 15 is 0 Å². The molecule has 3 heterocycles. The molecule has 3 rings (SSSR count). The van der Waals surface area contributed by atoms with Crippen LogP contribution in [0.5, 0.6) is 0 Å². The monoisotopic (exact) mass is 344 g/mol. The highest BCUT2D eigenvalue weighted by Crippen LogP contribution is 2.17. The second kappa shape index (κ2) is 5.83. The van der Waals surface area contributed by atoms with Gasteiger partial charge in [-0.15, -0.1) is 0 Å². The van der Waals surface area contributed by atoms with Crippen LogP contribution < -0.4 is 11.2 Å². The predicted molar refractivity (Wildman–Crippen MR) is 92.2 cm³/mol. The Kier molecular flexibility index (Phi) is 3.94. The highest BCUT2D eigenvalue weighted by Gasteiger charge is 2.22. The van der Waals surface area contributed by atoms with E-state index in [1.807, 2.05) is 26.8 Å². The quantitative estimate of drug-likeness (QED) is 0.678. The van der Waals surface area contributed by atoms with Gasteiger partial charge in [0.25, 0.3) is 5.56 Å². The number of aromatic nitrogens is 6. The summed E-state index contributed by atoms with van der Waals surface area (Å²) in [5.41, 5.74) is 1.18. The number of hydrogen-bond acceptors (Lipinski definition) is 5. The molecule has 9 heteroatoms. The summed E-state index contributed by atoms with van der Waals surface area (Å²) in [6.45, 7) is 7.21. The first-order chi connectivity index (χ1) is 11.8. The summed E-state index contributed by atoms with van der Waals surface area (Å²) in [7, 11) is 1.54. The van der Waals surface area contributed by atoms with Crippen molar-refractivity contribution in [1.82, 2.24) is 28.5 Å². The molecule has 0 aromatic carbocycles. The molecule has 0 N–H and O–H groups in total. The molecule has 0 aliphatic heterocycles. The highest BCUT2D eigenvalue weighted by atomic mass is 16.2. The fraction of sp³-hybridized carbons (Fsp3) is 0.438. The van der Waals surface area contributed by atoms with E-state index in [0.717, 1.165) is 16.0 Å². The average Bonchev–Trinajstić information content (AvgIpc) is 3.08. The van der Waals surface area contributed by atoms with Gasteiger partial charge in [-0.05, 0) is 33.8 Å². The van der Waals surface area contributed by atoms with Crippen molar-refractivity contribution >= 4 is 16.9 Å². The molecule has 0 aliphatic carbocycles. The van der Waals surface area contributed by atoms with Gasteiger partial charge in [-0.3, -0.25) is 18.7 Å². The average molecular weight is 344 g/mol. The first kappa shape index (κ1) is 16.9. The van der Waals surface area contributed by atoms with Crippen LogP contribution in [0.25, 0.3) is 17.1 Å². The minimum absolute atomic E-state index is 0.258. The molecule has 0 atom stereocenters. The van der Waals surface area contributed by atoms with Gasteiger partial charge in [-0.2, -0.15) is 10.1 Å². The van der Waals surface area contributed by atoms with E-state index in [2.05, 4.69) is 10.1 Å². The van der Waals surface area contributed by atoms with Gasteiger partial charge < -0.3 is 4.57 Å². The molecule has 0 amide bonds. The second-order valence-electron chi connectivity index (χ2n) is 6.10. The Hall–Kier alpha value is -2.97. The third kappa shape index (κ3) is 2.51. The summed E-state index contributed by atoms with van der Waals surface area (Å²) >= 11 is 0. The first-order valence-corrected chi connectivity index (χ1v) is 7.99. The van der Waals surface area contributed by atoms with Gasteiger partial charge in [-0.25, -0.2) is 9.48 Å². The van der Waals surface area contributed by atoms with Gasteiger partial charge in [-0.1, -0.05) is 0 Å². The number of fused-ring (bicyclic) bond motifs is 1. The van der Waals surface area contributed by atoms with Crippen molar-refractivity contribution in [2.24, 2.45) is 7.05 Å². The fourth-order valence-electron chi connectivity index (χ4n) is 3.01. The van der Waals surface area contributed by atoms with E-state index in [1.165, 1.54) is 11.5 Å². The van der Waals surface area contributed by atoms with Gasteiger partial charge >= 0.3 is 5.69 Å². The maximum absolute atomic E-state index is 12.9. The summed E-state index contributed by atoms with van der Waals surface area (Å²) in [4.78, 5) is 41.3. The van der Waals surface area contributed by atoms with Gasteiger partial charge in [0, 0.05) is 19.3 Å². The van der Waals surface area contributed by atoms with Crippen LogP contribution in [0.15, 0.2) is 15.7 Å². The number of aryl methyl sites for hydroxylation is 4. The van der Waals surface area contributed by atoms with E-state index < -0.39 is 11.2 Å². The van der Waals surface area contributed by atoms with Crippen molar-refractivity contribution in [2.45, 2.75) is 40.8 Å². The van der Waals surface area contributed by atoms with Gasteiger partial charge in [0.1, 0.15) is 5.78 Å². The van der Waals surface area contributed by atoms with Crippen molar-refractivity contribution in [3.8, 4) is 5.95 Å². The number of nitrogens with zero attached hydrogens (tertiary/aromatic N) is 6. The molecular formula is C16H20N6O3. The largest absolute Gasteiger partial charge is 0.332 e. The Morgan fingerprint density at radius 1 is 1.20 bits per heavy atom. The topological polar surface area (TPSA) is 96.7 Å². The van der Waals surface area contributed by atoms with Crippen LogP contribution in [-0.4, -0.2) is 34.2 Å². The predicted octanol–water partition coefficient (Wildman–Crippen LogP) is 0.308. The summed E-state index contributed by atoms with van der Waals surface area (Å²) in [5.74, 6) is 0.204. The molecule has 3 aromatic rings. The Morgan fingerprint density at radius 3 is 2.40 bits per heavy atom. The molecule has 0 radical (unpaired) electrons. The molecule has 0 saturated carbocycles. The van der Waals surface area contributed by atoms with E-state index in [9.17, 15) is 14.4 Å². The number of rotatable bonds is 4. The molecule has 3 aromatic heterocycles. The van der Waals surface area contributed by atoms with E-state index in [0.29, 0.717) is 12.5 Å². The number of carbonyl (C=O) groups is 1. The molecule has 0 unspecified atom stereocenters. The first-order valence-electron chi connectivity index (χ1n) is 7.99. The van der Waals surface area contributed by atoms with Crippen LogP contribution in [0, 0.1) is 13.8 Å². The minimum Gasteiger partial charge on any atom is -0.303 e. The minimum atomic E-state index is -0.562. The Balaban J connectivity index is 2.45. The number of hydrogen-bond donors (Lipinski definition) is 0. The van der Waals surface area contributed by atoms with Crippen LogP contribution in [-0.2, 0) is 24.9 Å². The molecular weight excluding hydrogens is 324 g/mol. The summed E-state index contributed by atoms with van der Waals surface area (Å²) in [6, 6.07) is 1.91. The third-order valence-corrected chi connectivity index (χ3v) is 4.11. The van der Waals surface area contributed by atoms with Crippen molar-refractivity contribution in [3.63, 3.8) is 0 Å². The van der Waals surface area contributed by atoms with Crippen LogP contribution >= 0.6 is 0 Å². The molecule has 132 valence electrons. The van der Waals surface area contributed by atoms with Crippen LogP contribution in [0.4, 0.5) is 0 Å². The number of ketones is 1. The zero-order valence-electron chi connectivity index (χ0n) is 14.9. The molecule has 0 saturated heterocycles. The maximum Gasteiger partial charge on any atom is 0.332 e. The molecule has 0 fully saturated rings. The summed E-state index contributed by atoms with van der Waals surface area (Å²) < 4.78 is 5.61. The van der Waals surface area contributed by atoms with Crippen molar-refractivity contribution in [2.75, 3.05) is 0 Å². The van der Waals surface area contributed by atoms with E-state index in [1.54, 1.807) is 16.3 Å². The van der Waals surface area contributed by atoms with Gasteiger partial charge in [0.05, 0.1) is 12.2 Å². The van der Waals surface area contributed by atoms with Gasteiger partial charge in [0.2, 0.25) is 5.95 Å². The highest BCUT2D eigenvalue weighted by molar-refractivity contribution is 5.76. The number of Topliss-reactive ketones (excluding diaryl/α,β-unsaturated/α-hetero) is 1. The lowest BCUT2D eigenvalue weighted by molar-refractivity contribution is -0.117. The number of imidazole rings is 1. The maximum atomic E-state index is 12.9. The Bertz CT molecular complexity index is 1110. The Morgan fingerprint density at radius 2 is 1.88 bits per heavy atom. The zero-order valence-corrected chi connectivity index (χ0v) is 14.9. The van der Waals surface area contributed by atoms with Crippen molar-refractivity contribution < 1.29 is 4.79 Å². The lowest BCUT2D eigenvalue weighted by Crippen LogP contribution is -2.41. The zero-order chi connectivity index (χ0) is 18.5.